The van der Waals surface area contributed by atoms with Crippen molar-refractivity contribution in [1.29, 1.82) is 5.26 Å². The van der Waals surface area contributed by atoms with Gasteiger partial charge in [-0.05, 0) is 6.42 Å². The van der Waals surface area contributed by atoms with Crippen molar-refractivity contribution in [2.45, 2.75) is 11.8 Å². The zero-order valence-corrected chi connectivity index (χ0v) is 7.10. The molecule has 1 saturated heterocycles. The van der Waals surface area contributed by atoms with Gasteiger partial charge in [0.25, 0.3) is 0 Å². The van der Waals surface area contributed by atoms with Crippen LogP contribution in [0.15, 0.2) is 18.6 Å². The minimum atomic E-state index is -0.561. The summed E-state index contributed by atoms with van der Waals surface area (Å²) in [5.74, 6) is 0. The van der Waals surface area contributed by atoms with Gasteiger partial charge >= 0.3 is 0 Å². The third-order valence-corrected chi connectivity index (χ3v) is 2.29. The van der Waals surface area contributed by atoms with Gasteiger partial charge in [0.1, 0.15) is 5.41 Å². The summed E-state index contributed by atoms with van der Waals surface area (Å²) in [4.78, 5) is 8.09. The van der Waals surface area contributed by atoms with E-state index in [0.717, 1.165) is 5.69 Å². The molecule has 1 aliphatic rings. The number of rotatable bonds is 1. The Morgan fingerprint density at radius 2 is 2.46 bits per heavy atom. The summed E-state index contributed by atoms with van der Waals surface area (Å²) >= 11 is 0. The van der Waals surface area contributed by atoms with E-state index < -0.39 is 5.41 Å². The van der Waals surface area contributed by atoms with Gasteiger partial charge < -0.3 is 4.74 Å². The molecule has 1 fully saturated rings. The molecule has 13 heavy (non-hydrogen) atoms. The van der Waals surface area contributed by atoms with E-state index in [1.807, 2.05) is 0 Å². The van der Waals surface area contributed by atoms with Gasteiger partial charge in [0, 0.05) is 19.0 Å². The Morgan fingerprint density at radius 1 is 1.54 bits per heavy atom. The molecule has 66 valence electrons. The van der Waals surface area contributed by atoms with Crippen molar-refractivity contribution in [2.75, 3.05) is 13.2 Å². The summed E-state index contributed by atoms with van der Waals surface area (Å²) < 4.78 is 5.22. The summed E-state index contributed by atoms with van der Waals surface area (Å²) in [7, 11) is 0. The van der Waals surface area contributed by atoms with Crippen molar-refractivity contribution in [3.8, 4) is 6.07 Å². The van der Waals surface area contributed by atoms with Crippen LogP contribution in [0.3, 0.4) is 0 Å². The smallest absolute Gasteiger partial charge is 0.126 e. The topological polar surface area (TPSA) is 58.8 Å². The molecule has 2 rings (SSSR count). The minimum absolute atomic E-state index is 0.433. The van der Waals surface area contributed by atoms with Crippen LogP contribution < -0.4 is 0 Å². The van der Waals surface area contributed by atoms with Crippen LogP contribution in [0, 0.1) is 11.3 Å². The fraction of sp³-hybridized carbons (Fsp3) is 0.444. The SMILES string of the molecule is N#CC1(c2cnccn2)CCOC1. The highest BCUT2D eigenvalue weighted by atomic mass is 16.5. The standard InChI is InChI=1S/C9H9N3O/c10-6-9(1-4-13-7-9)8-5-11-2-3-12-8/h2-3,5H,1,4,7H2. The monoisotopic (exact) mass is 175 g/mol. The van der Waals surface area contributed by atoms with E-state index in [1.165, 1.54) is 0 Å². The van der Waals surface area contributed by atoms with Gasteiger partial charge in [-0.3, -0.25) is 9.97 Å². The number of hydrogen-bond acceptors (Lipinski definition) is 4. The average Bonchev–Trinajstić information content (AvgIpc) is 2.69. The van der Waals surface area contributed by atoms with Crippen molar-refractivity contribution in [3.63, 3.8) is 0 Å². The number of hydrogen-bond donors (Lipinski definition) is 0. The molecular weight excluding hydrogens is 166 g/mol. The van der Waals surface area contributed by atoms with Crippen LogP contribution >= 0.6 is 0 Å². The largest absolute Gasteiger partial charge is 0.379 e. The molecule has 0 radical (unpaired) electrons. The van der Waals surface area contributed by atoms with E-state index in [1.54, 1.807) is 18.6 Å². The molecule has 1 atom stereocenters. The highest BCUT2D eigenvalue weighted by Gasteiger charge is 2.38. The first-order valence-electron chi connectivity index (χ1n) is 4.13. The van der Waals surface area contributed by atoms with Gasteiger partial charge in [0.2, 0.25) is 0 Å². The van der Waals surface area contributed by atoms with Gasteiger partial charge in [-0.25, -0.2) is 0 Å². The van der Waals surface area contributed by atoms with E-state index in [4.69, 9.17) is 10.00 Å². The molecule has 1 aliphatic heterocycles. The molecule has 1 aromatic rings. The quantitative estimate of drug-likeness (QED) is 0.629. The Balaban J connectivity index is 2.38. The van der Waals surface area contributed by atoms with Crippen LogP contribution in [0.4, 0.5) is 0 Å². The summed E-state index contributed by atoms with van der Waals surface area (Å²) in [6.45, 7) is 1.06. The zero-order chi connectivity index (χ0) is 9.15. The van der Waals surface area contributed by atoms with Crippen molar-refractivity contribution in [2.24, 2.45) is 0 Å². The van der Waals surface area contributed by atoms with E-state index in [0.29, 0.717) is 19.6 Å². The van der Waals surface area contributed by atoms with Crippen LogP contribution in [0.2, 0.25) is 0 Å². The van der Waals surface area contributed by atoms with Gasteiger partial charge in [-0.15, -0.1) is 0 Å². The first-order chi connectivity index (χ1) is 6.37. The molecular formula is C9H9N3O. The lowest BCUT2D eigenvalue weighted by Gasteiger charge is -2.16. The molecule has 0 amide bonds. The fourth-order valence-electron chi connectivity index (χ4n) is 1.46. The molecule has 1 unspecified atom stereocenters. The Morgan fingerprint density at radius 3 is 3.00 bits per heavy atom. The van der Waals surface area contributed by atoms with E-state index in [-0.39, 0.29) is 0 Å². The van der Waals surface area contributed by atoms with Crippen LogP contribution in [-0.4, -0.2) is 23.2 Å². The minimum Gasteiger partial charge on any atom is -0.379 e. The molecule has 0 N–H and O–H groups in total. The summed E-state index contributed by atoms with van der Waals surface area (Å²) in [6, 6.07) is 2.27. The second kappa shape index (κ2) is 3.11. The Labute approximate surface area is 76.2 Å². The molecule has 0 saturated carbocycles. The second-order valence-electron chi connectivity index (χ2n) is 3.09. The predicted octanol–water partition coefficient (Wildman–Crippen LogP) is 0.658. The maximum atomic E-state index is 9.07. The van der Waals surface area contributed by atoms with Crippen LogP contribution in [0.25, 0.3) is 0 Å². The van der Waals surface area contributed by atoms with Gasteiger partial charge in [-0.1, -0.05) is 0 Å². The molecule has 4 heteroatoms. The first-order valence-corrected chi connectivity index (χ1v) is 4.13. The zero-order valence-electron chi connectivity index (χ0n) is 7.10. The fourth-order valence-corrected chi connectivity index (χ4v) is 1.46. The molecule has 0 aromatic carbocycles. The molecule has 1 aromatic heterocycles. The van der Waals surface area contributed by atoms with Gasteiger partial charge in [0.15, 0.2) is 0 Å². The number of nitriles is 1. The highest BCUT2D eigenvalue weighted by Crippen LogP contribution is 2.30. The van der Waals surface area contributed by atoms with Crippen molar-refractivity contribution < 1.29 is 4.74 Å². The van der Waals surface area contributed by atoms with Gasteiger partial charge in [0.05, 0.1) is 24.6 Å². The maximum absolute atomic E-state index is 9.07. The molecule has 2 heterocycles. The molecule has 0 aliphatic carbocycles. The van der Waals surface area contributed by atoms with E-state index >= 15 is 0 Å². The van der Waals surface area contributed by atoms with Crippen molar-refractivity contribution in [3.05, 3.63) is 24.3 Å². The van der Waals surface area contributed by atoms with E-state index in [9.17, 15) is 0 Å². The number of nitrogens with zero attached hydrogens (tertiary/aromatic N) is 3. The number of ether oxygens (including phenoxy) is 1. The van der Waals surface area contributed by atoms with Crippen LogP contribution in [-0.2, 0) is 10.2 Å². The van der Waals surface area contributed by atoms with Gasteiger partial charge in [-0.2, -0.15) is 5.26 Å². The van der Waals surface area contributed by atoms with Crippen LogP contribution in [0.5, 0.6) is 0 Å². The summed E-state index contributed by atoms with van der Waals surface area (Å²) in [5.41, 5.74) is 0.156. The summed E-state index contributed by atoms with van der Waals surface area (Å²) in [6.07, 6.45) is 5.55. The molecule has 0 bridgehead atoms. The van der Waals surface area contributed by atoms with E-state index in [2.05, 4.69) is 16.0 Å². The Bertz CT molecular complexity index is 324. The van der Waals surface area contributed by atoms with Crippen LogP contribution in [0.1, 0.15) is 12.1 Å². The summed E-state index contributed by atoms with van der Waals surface area (Å²) in [5, 5.41) is 9.07. The first kappa shape index (κ1) is 8.14. The Kier molecular flexibility index (Phi) is 1.95. The Hall–Kier alpha value is -1.47. The lowest BCUT2D eigenvalue weighted by molar-refractivity contribution is 0.186. The lowest BCUT2D eigenvalue weighted by atomic mass is 9.86. The van der Waals surface area contributed by atoms with Crippen molar-refractivity contribution >= 4 is 0 Å². The molecule has 0 spiro atoms. The third-order valence-electron chi connectivity index (χ3n) is 2.29. The maximum Gasteiger partial charge on any atom is 0.126 e. The second-order valence-corrected chi connectivity index (χ2v) is 3.09. The number of aromatic nitrogens is 2. The third kappa shape index (κ3) is 1.27. The predicted molar refractivity (Wildman–Crippen MR) is 44.8 cm³/mol. The average molecular weight is 175 g/mol. The normalized spacial score (nSPS) is 27.0. The lowest BCUT2D eigenvalue weighted by Crippen LogP contribution is -2.25. The molecule has 4 nitrogen and oxygen atoms in total. The van der Waals surface area contributed by atoms with Crippen molar-refractivity contribution in [1.82, 2.24) is 9.97 Å². The highest BCUT2D eigenvalue weighted by molar-refractivity contribution is 5.25.